The van der Waals surface area contributed by atoms with Gasteiger partial charge in [0.2, 0.25) is 23.0 Å². The van der Waals surface area contributed by atoms with Crippen molar-refractivity contribution in [2.45, 2.75) is 37.8 Å². The van der Waals surface area contributed by atoms with Crippen LogP contribution in [0, 0.1) is 0 Å². The smallest absolute Gasteiger partial charge is 0.208 e. The van der Waals surface area contributed by atoms with E-state index in [4.69, 9.17) is 37.9 Å². The summed E-state index contributed by atoms with van der Waals surface area (Å²) in [7, 11) is 14.2. The van der Waals surface area contributed by atoms with Gasteiger partial charge in [-0.3, -0.25) is 9.80 Å². The summed E-state index contributed by atoms with van der Waals surface area (Å²) in [6.07, 6.45) is 3.00. The van der Waals surface area contributed by atoms with Gasteiger partial charge in [0.15, 0.2) is 23.0 Å². The van der Waals surface area contributed by atoms with E-state index in [0.29, 0.717) is 57.5 Å². The summed E-state index contributed by atoms with van der Waals surface area (Å²) < 4.78 is 49.5. The molecule has 0 saturated heterocycles. The Labute approximate surface area is 294 Å². The normalized spacial score (nSPS) is 18.5. The van der Waals surface area contributed by atoms with Crippen LogP contribution in [0.1, 0.15) is 45.5 Å². The minimum Gasteiger partial charge on any atom is -0.492 e. The van der Waals surface area contributed by atoms with E-state index in [0.717, 1.165) is 72.2 Å². The van der Waals surface area contributed by atoms with Crippen LogP contribution in [0.4, 0.5) is 0 Å². The second-order valence-electron chi connectivity index (χ2n) is 13.0. The second-order valence-corrected chi connectivity index (χ2v) is 13.0. The van der Waals surface area contributed by atoms with Crippen LogP contribution in [0.2, 0.25) is 0 Å². The lowest BCUT2D eigenvalue weighted by Crippen LogP contribution is -2.34. The van der Waals surface area contributed by atoms with Gasteiger partial charge >= 0.3 is 0 Å². The molecule has 6 heterocycles. The van der Waals surface area contributed by atoms with E-state index in [2.05, 4.69) is 48.2 Å². The third-order valence-electron chi connectivity index (χ3n) is 10.5. The van der Waals surface area contributed by atoms with E-state index in [1.165, 1.54) is 0 Å². The molecule has 6 aliphatic heterocycles. The molecule has 0 saturated carbocycles. The van der Waals surface area contributed by atoms with Crippen molar-refractivity contribution in [3.8, 4) is 57.5 Å². The van der Waals surface area contributed by atoms with Crippen molar-refractivity contribution in [1.29, 1.82) is 0 Å². The molecule has 0 aliphatic carbocycles. The Morgan fingerprint density at radius 3 is 1.14 bits per heavy atom. The maximum absolute atomic E-state index is 6.83. The fraction of sp³-hybridized carbons (Fsp3) is 0.400. The van der Waals surface area contributed by atoms with Gasteiger partial charge in [0.25, 0.3) is 0 Å². The quantitative estimate of drug-likeness (QED) is 0.209. The molecule has 264 valence electrons. The minimum absolute atomic E-state index is 0.0263. The highest BCUT2D eigenvalue weighted by Crippen LogP contribution is 2.57. The molecule has 0 spiro atoms. The van der Waals surface area contributed by atoms with Crippen molar-refractivity contribution >= 4 is 0 Å². The second kappa shape index (κ2) is 13.8. The van der Waals surface area contributed by atoms with Gasteiger partial charge < -0.3 is 37.9 Å². The molecule has 10 heteroatoms. The Morgan fingerprint density at radius 2 is 0.820 bits per heavy atom. The Morgan fingerprint density at radius 1 is 0.480 bits per heavy atom. The fourth-order valence-corrected chi connectivity index (χ4v) is 7.94. The van der Waals surface area contributed by atoms with Crippen LogP contribution in [0.5, 0.6) is 57.5 Å². The van der Waals surface area contributed by atoms with E-state index < -0.39 is 0 Å². The summed E-state index contributed by atoms with van der Waals surface area (Å²) >= 11 is 0. The summed E-state index contributed by atoms with van der Waals surface area (Å²) in [6.45, 7) is 1.69. The molecule has 4 aromatic carbocycles. The molecule has 0 radical (unpaired) electrons. The number of rotatable bonds is 6. The van der Waals surface area contributed by atoms with E-state index in [1.54, 1.807) is 42.7 Å². The van der Waals surface area contributed by atoms with Crippen LogP contribution < -0.4 is 37.9 Å². The van der Waals surface area contributed by atoms with E-state index in [-0.39, 0.29) is 12.1 Å². The van der Waals surface area contributed by atoms with Crippen LogP contribution in [-0.4, -0.2) is 79.6 Å². The monoisotopic (exact) mass is 682 g/mol. The third kappa shape index (κ3) is 5.60. The van der Waals surface area contributed by atoms with Gasteiger partial charge in [-0.25, -0.2) is 0 Å². The first-order valence-corrected chi connectivity index (χ1v) is 17.0. The average Bonchev–Trinajstić information content (AvgIpc) is 3.14. The first-order chi connectivity index (χ1) is 24.3. The van der Waals surface area contributed by atoms with Gasteiger partial charge in [-0.05, 0) is 75.2 Å². The number of methoxy groups -OCH3 is 6. The molecule has 0 aromatic heterocycles. The zero-order valence-electron chi connectivity index (χ0n) is 30.2. The Kier molecular flexibility index (Phi) is 9.32. The van der Waals surface area contributed by atoms with Crippen LogP contribution >= 0.6 is 0 Å². The van der Waals surface area contributed by atoms with Crippen LogP contribution in [0.25, 0.3) is 0 Å². The van der Waals surface area contributed by atoms with Crippen molar-refractivity contribution in [3.05, 3.63) is 81.9 Å². The van der Waals surface area contributed by atoms with E-state index in [9.17, 15) is 0 Å². The van der Waals surface area contributed by atoms with Crippen LogP contribution in [0.15, 0.2) is 48.5 Å². The number of likely N-dealkylation sites (N-methyl/N-ethyl adjacent to an activating group) is 2. The lowest BCUT2D eigenvalue weighted by molar-refractivity contribution is 0.216. The molecule has 10 rings (SSSR count). The molecule has 10 nitrogen and oxygen atoms in total. The molecule has 0 unspecified atom stereocenters. The third-order valence-corrected chi connectivity index (χ3v) is 10.5. The highest BCUT2D eigenvalue weighted by molar-refractivity contribution is 5.71. The topological polar surface area (TPSA) is 80.3 Å². The number of nitrogens with zero attached hydrogens (tertiary/aromatic N) is 2. The van der Waals surface area contributed by atoms with Gasteiger partial charge in [0.05, 0.1) is 42.7 Å². The standard InChI is InChI=1S/C40H46N2O8/c1-41-19-17-27-31-29(41)21-23-9-13-26(14-10-23)50-36-32-28(34(44-4)38(46-6)40(36)48-8)18-20-42(2)30(32)22-24-11-15-25(16-12-24)49-35(31)39(47-7)37(45-5)33(27)43-3/h9-16,29-30H,17-22H2,1-8H3/t29-,30-/m0/s1. The van der Waals surface area contributed by atoms with Gasteiger partial charge in [0, 0.05) is 47.4 Å². The maximum atomic E-state index is 6.83. The Hall–Kier alpha value is -4.80. The highest BCUT2D eigenvalue weighted by Gasteiger charge is 2.38. The maximum Gasteiger partial charge on any atom is 0.208 e. The van der Waals surface area contributed by atoms with Crippen LogP contribution in [0.3, 0.4) is 0 Å². The largest absolute Gasteiger partial charge is 0.492 e. The van der Waals surface area contributed by atoms with Gasteiger partial charge in [0.1, 0.15) is 11.5 Å². The Balaban J connectivity index is 1.45. The van der Waals surface area contributed by atoms with E-state index in [1.807, 2.05) is 24.3 Å². The number of hydrogen-bond acceptors (Lipinski definition) is 10. The average molecular weight is 683 g/mol. The molecule has 4 bridgehead atoms. The molecule has 2 atom stereocenters. The summed E-state index contributed by atoms with van der Waals surface area (Å²) in [5.74, 6) is 6.14. The first kappa shape index (κ1) is 33.7. The summed E-state index contributed by atoms with van der Waals surface area (Å²) in [5, 5.41) is 0. The molecule has 0 N–H and O–H groups in total. The highest BCUT2D eigenvalue weighted by atomic mass is 16.6. The molecular weight excluding hydrogens is 636 g/mol. The summed E-state index contributed by atoms with van der Waals surface area (Å²) in [6, 6.07) is 16.5. The predicted molar refractivity (Wildman–Crippen MR) is 191 cm³/mol. The summed E-state index contributed by atoms with van der Waals surface area (Å²) in [5.41, 5.74) is 6.50. The molecule has 50 heavy (non-hydrogen) atoms. The number of benzene rings is 4. The molecular formula is C40H46N2O8. The van der Waals surface area contributed by atoms with Crippen molar-refractivity contribution in [2.75, 3.05) is 69.8 Å². The van der Waals surface area contributed by atoms with Gasteiger partial charge in [-0.2, -0.15) is 0 Å². The summed E-state index contributed by atoms with van der Waals surface area (Å²) in [4.78, 5) is 4.73. The lowest BCUT2D eigenvalue weighted by Gasteiger charge is -2.38. The molecule has 4 aromatic rings. The van der Waals surface area contributed by atoms with Crippen molar-refractivity contribution in [3.63, 3.8) is 0 Å². The number of hydrogen-bond donors (Lipinski definition) is 0. The lowest BCUT2D eigenvalue weighted by atomic mass is 9.86. The molecule has 0 amide bonds. The first-order valence-electron chi connectivity index (χ1n) is 17.0. The number of ether oxygens (including phenoxy) is 8. The SMILES string of the molecule is COc1c2c3c(c(OC)c1OC)Oc1ccc(cc1)C[C@H]1c4c(c(OC)c(OC)c(OC)c4Oc4ccc(cc4)C[C@@H]3N(C)CC2)CCN1C. The fourth-order valence-electron chi connectivity index (χ4n) is 7.94. The Bertz CT molecular complexity index is 1740. The van der Waals surface area contributed by atoms with Gasteiger partial charge in [-0.1, -0.05) is 24.3 Å². The predicted octanol–water partition coefficient (Wildman–Crippen LogP) is 7.18. The molecule has 6 aliphatic rings. The van der Waals surface area contributed by atoms with Crippen molar-refractivity contribution in [1.82, 2.24) is 9.80 Å². The zero-order valence-corrected chi connectivity index (χ0v) is 30.2. The minimum atomic E-state index is -0.0263. The van der Waals surface area contributed by atoms with Crippen molar-refractivity contribution in [2.24, 2.45) is 0 Å². The molecule has 0 fully saturated rings. The van der Waals surface area contributed by atoms with E-state index >= 15 is 0 Å². The van der Waals surface area contributed by atoms with Crippen LogP contribution in [-0.2, 0) is 25.7 Å². The van der Waals surface area contributed by atoms with Crippen molar-refractivity contribution < 1.29 is 37.9 Å². The zero-order chi connectivity index (χ0) is 35.1. The van der Waals surface area contributed by atoms with Gasteiger partial charge in [-0.15, -0.1) is 0 Å².